The van der Waals surface area contributed by atoms with Crippen LogP contribution in [0.2, 0.25) is 0 Å². The monoisotopic (exact) mass is 319 g/mol. The van der Waals surface area contributed by atoms with Gasteiger partial charge in [0, 0.05) is 0 Å². The number of hydrogen-bond donors (Lipinski definition) is 0. The van der Waals surface area contributed by atoms with Crippen LogP contribution in [0.3, 0.4) is 0 Å². The normalized spacial score (nSPS) is 14.4. The molecule has 1 aromatic carbocycles. The maximum Gasteiger partial charge on any atom is 0.332 e. The second kappa shape index (κ2) is 6.50. The van der Waals surface area contributed by atoms with Gasteiger partial charge >= 0.3 is 5.97 Å². The van der Waals surface area contributed by atoms with E-state index in [2.05, 4.69) is 0 Å². The van der Waals surface area contributed by atoms with E-state index in [9.17, 15) is 14.4 Å². The fourth-order valence-corrected chi connectivity index (χ4v) is 2.48. The summed E-state index contributed by atoms with van der Waals surface area (Å²) in [6.07, 6.45) is -0.213. The number of nitrogens with zero attached hydrogens (tertiary/aromatic N) is 1. The highest BCUT2D eigenvalue weighted by molar-refractivity contribution is 6.21. The minimum absolute atomic E-state index is 0.0473. The predicted octanol–water partition coefficient (Wildman–Crippen LogP) is 2.03. The molecule has 1 aliphatic rings. The highest BCUT2D eigenvalue weighted by Crippen LogP contribution is 2.29. The first-order valence-electron chi connectivity index (χ1n) is 7.49. The van der Waals surface area contributed by atoms with Crippen LogP contribution >= 0.6 is 0 Å². The van der Waals surface area contributed by atoms with Gasteiger partial charge in [-0.05, 0) is 39.8 Å². The van der Waals surface area contributed by atoms with Gasteiger partial charge < -0.3 is 9.47 Å². The average Bonchev–Trinajstić information content (AvgIpc) is 2.71. The molecular weight excluding hydrogens is 298 g/mol. The molecule has 0 N–H and O–H groups in total. The molecule has 2 rings (SSSR count). The summed E-state index contributed by atoms with van der Waals surface area (Å²) in [5.74, 6) is -1.16. The number of carbonyl (C=O) groups is 3. The van der Waals surface area contributed by atoms with E-state index >= 15 is 0 Å². The molecule has 0 atom stereocenters. The van der Waals surface area contributed by atoms with Gasteiger partial charge in [0.1, 0.15) is 6.61 Å². The molecular formula is C17H21NO5. The molecule has 0 unspecified atom stereocenters. The van der Waals surface area contributed by atoms with E-state index in [1.54, 1.807) is 52.0 Å². The molecule has 0 saturated heterocycles. The number of fused-ring (bicyclic) bond motifs is 1. The molecule has 6 heteroatoms. The zero-order valence-corrected chi connectivity index (χ0v) is 13.8. The van der Waals surface area contributed by atoms with Crippen molar-refractivity contribution in [3.05, 3.63) is 35.4 Å². The Hall–Kier alpha value is -2.21. The van der Waals surface area contributed by atoms with Crippen molar-refractivity contribution in [3.8, 4) is 0 Å². The van der Waals surface area contributed by atoms with Crippen LogP contribution in [0.25, 0.3) is 0 Å². The summed E-state index contributed by atoms with van der Waals surface area (Å²) in [5, 5.41) is 0. The molecule has 0 aliphatic carbocycles. The largest absolute Gasteiger partial charge is 0.461 e. The first-order valence-corrected chi connectivity index (χ1v) is 7.49. The standard InChI is InChI=1S/C17H21NO5/c1-11(2)23-14(19)9-22-10-17(3,4)18-15(20)12-7-5-6-8-13(12)16(18)21/h5-8,11H,9-10H2,1-4H3. The van der Waals surface area contributed by atoms with Crippen LogP contribution in [0.4, 0.5) is 0 Å². The number of rotatable bonds is 6. The lowest BCUT2D eigenvalue weighted by atomic mass is 10.0. The third-order valence-corrected chi connectivity index (χ3v) is 3.44. The fraction of sp³-hybridized carbons (Fsp3) is 0.471. The van der Waals surface area contributed by atoms with Crippen LogP contribution in [0.1, 0.15) is 48.4 Å². The van der Waals surface area contributed by atoms with Crippen molar-refractivity contribution < 1.29 is 23.9 Å². The van der Waals surface area contributed by atoms with E-state index < -0.39 is 11.5 Å². The topological polar surface area (TPSA) is 72.9 Å². The van der Waals surface area contributed by atoms with Gasteiger partial charge in [-0.2, -0.15) is 0 Å². The molecule has 23 heavy (non-hydrogen) atoms. The summed E-state index contributed by atoms with van der Waals surface area (Å²) in [5.41, 5.74) is -0.0831. The van der Waals surface area contributed by atoms with Gasteiger partial charge in [-0.25, -0.2) is 4.79 Å². The number of esters is 1. The second-order valence-electron chi connectivity index (χ2n) is 6.34. The fourth-order valence-electron chi connectivity index (χ4n) is 2.48. The van der Waals surface area contributed by atoms with E-state index in [0.29, 0.717) is 11.1 Å². The van der Waals surface area contributed by atoms with Crippen molar-refractivity contribution in [2.24, 2.45) is 0 Å². The maximum absolute atomic E-state index is 12.5. The van der Waals surface area contributed by atoms with Gasteiger partial charge in [0.15, 0.2) is 0 Å². The maximum atomic E-state index is 12.5. The van der Waals surface area contributed by atoms with E-state index in [-0.39, 0.29) is 31.1 Å². The lowest BCUT2D eigenvalue weighted by molar-refractivity contribution is -0.153. The van der Waals surface area contributed by atoms with Crippen LogP contribution < -0.4 is 0 Å². The van der Waals surface area contributed by atoms with Crippen LogP contribution in [0.5, 0.6) is 0 Å². The number of carbonyl (C=O) groups excluding carboxylic acids is 3. The van der Waals surface area contributed by atoms with Gasteiger partial charge in [-0.3, -0.25) is 14.5 Å². The molecule has 1 aromatic rings. The Balaban J connectivity index is 2.02. The molecule has 124 valence electrons. The van der Waals surface area contributed by atoms with Gasteiger partial charge in [0.2, 0.25) is 0 Å². The Morgan fingerprint density at radius 1 is 1.13 bits per heavy atom. The van der Waals surface area contributed by atoms with Crippen LogP contribution in [-0.4, -0.2) is 47.5 Å². The van der Waals surface area contributed by atoms with Crippen molar-refractivity contribution in [2.75, 3.05) is 13.2 Å². The van der Waals surface area contributed by atoms with Gasteiger partial charge in [-0.1, -0.05) is 12.1 Å². The van der Waals surface area contributed by atoms with Crippen molar-refractivity contribution in [1.29, 1.82) is 0 Å². The summed E-state index contributed by atoms with van der Waals surface area (Å²) in [7, 11) is 0. The number of imide groups is 1. The molecule has 6 nitrogen and oxygen atoms in total. The van der Waals surface area contributed by atoms with Crippen molar-refractivity contribution in [3.63, 3.8) is 0 Å². The Kier molecular flexibility index (Phi) is 4.85. The zero-order valence-electron chi connectivity index (χ0n) is 13.8. The predicted molar refractivity (Wildman–Crippen MR) is 83.1 cm³/mol. The van der Waals surface area contributed by atoms with Crippen LogP contribution in [0.15, 0.2) is 24.3 Å². The molecule has 2 amide bonds. The highest BCUT2D eigenvalue weighted by atomic mass is 16.6. The van der Waals surface area contributed by atoms with Crippen LogP contribution in [-0.2, 0) is 14.3 Å². The smallest absolute Gasteiger partial charge is 0.332 e. The average molecular weight is 319 g/mol. The van der Waals surface area contributed by atoms with E-state index in [4.69, 9.17) is 9.47 Å². The molecule has 0 spiro atoms. The minimum Gasteiger partial charge on any atom is -0.461 e. The van der Waals surface area contributed by atoms with Crippen molar-refractivity contribution >= 4 is 17.8 Å². The van der Waals surface area contributed by atoms with Gasteiger partial charge in [-0.15, -0.1) is 0 Å². The first kappa shape index (κ1) is 17.1. The van der Waals surface area contributed by atoms with Crippen molar-refractivity contribution in [1.82, 2.24) is 4.90 Å². The highest BCUT2D eigenvalue weighted by Gasteiger charge is 2.44. The summed E-state index contributed by atoms with van der Waals surface area (Å²) in [6.45, 7) is 6.78. The SMILES string of the molecule is CC(C)OC(=O)COCC(C)(C)N1C(=O)c2ccccc2C1=O. The number of hydrogen-bond acceptors (Lipinski definition) is 5. The molecule has 1 heterocycles. The van der Waals surface area contributed by atoms with E-state index in [1.807, 2.05) is 0 Å². The number of amides is 2. The Bertz CT molecular complexity index is 601. The molecule has 0 fully saturated rings. The quantitative estimate of drug-likeness (QED) is 0.592. The van der Waals surface area contributed by atoms with E-state index in [0.717, 1.165) is 0 Å². The first-order chi connectivity index (χ1) is 10.7. The lowest BCUT2D eigenvalue weighted by Crippen LogP contribution is -2.50. The Labute approximate surface area is 135 Å². The minimum atomic E-state index is -0.870. The summed E-state index contributed by atoms with van der Waals surface area (Å²) in [4.78, 5) is 37.6. The van der Waals surface area contributed by atoms with E-state index in [1.165, 1.54) is 4.90 Å². The summed E-state index contributed by atoms with van der Waals surface area (Å²) >= 11 is 0. The third-order valence-electron chi connectivity index (χ3n) is 3.44. The summed E-state index contributed by atoms with van der Waals surface area (Å²) in [6, 6.07) is 6.71. The molecule has 1 aliphatic heterocycles. The number of ether oxygens (including phenoxy) is 2. The van der Waals surface area contributed by atoms with Gasteiger partial charge in [0.05, 0.1) is 29.4 Å². The molecule has 0 aromatic heterocycles. The Morgan fingerprint density at radius 2 is 1.65 bits per heavy atom. The van der Waals surface area contributed by atoms with Crippen LogP contribution in [0, 0.1) is 0 Å². The molecule has 0 bridgehead atoms. The number of benzene rings is 1. The third kappa shape index (κ3) is 3.59. The Morgan fingerprint density at radius 3 is 2.13 bits per heavy atom. The molecule has 0 saturated carbocycles. The summed E-state index contributed by atoms with van der Waals surface area (Å²) < 4.78 is 10.3. The second-order valence-corrected chi connectivity index (χ2v) is 6.34. The van der Waals surface area contributed by atoms with Crippen molar-refractivity contribution in [2.45, 2.75) is 39.3 Å². The molecule has 0 radical (unpaired) electrons. The lowest BCUT2D eigenvalue weighted by Gasteiger charge is -2.33. The van der Waals surface area contributed by atoms with Gasteiger partial charge in [0.25, 0.3) is 11.8 Å². The zero-order chi connectivity index (χ0) is 17.2.